The number of ether oxygens (including phenoxy) is 1. The van der Waals surface area contributed by atoms with Crippen LogP contribution in [0.5, 0.6) is 0 Å². The lowest BCUT2D eigenvalue weighted by Crippen LogP contribution is -2.43. The number of pyridine rings is 1. The van der Waals surface area contributed by atoms with Crippen molar-refractivity contribution in [2.45, 2.75) is 32.3 Å². The Morgan fingerprint density at radius 3 is 2.76 bits per heavy atom. The van der Waals surface area contributed by atoms with Gasteiger partial charge in [-0.15, -0.1) is 0 Å². The Hall–Kier alpha value is -1.91. The number of nitrogens with zero attached hydrogens (tertiary/aromatic N) is 2. The van der Waals surface area contributed by atoms with Gasteiger partial charge in [0.1, 0.15) is 0 Å². The second-order valence-corrected chi connectivity index (χ2v) is 6.76. The lowest BCUT2D eigenvalue weighted by atomic mass is 10.0. The van der Waals surface area contributed by atoms with Crippen molar-refractivity contribution in [3.63, 3.8) is 0 Å². The zero-order valence-electron chi connectivity index (χ0n) is 14.5. The van der Waals surface area contributed by atoms with Gasteiger partial charge >= 0.3 is 0 Å². The molecular weight excluding hydrogens is 336 g/mol. The summed E-state index contributed by atoms with van der Waals surface area (Å²) in [6, 6.07) is 11.3. The minimum absolute atomic E-state index is 0.0698. The molecule has 1 aromatic heterocycles. The van der Waals surface area contributed by atoms with Crippen molar-refractivity contribution in [3.8, 4) is 11.3 Å². The predicted octanol–water partition coefficient (Wildman–Crippen LogP) is 4.43. The maximum absolute atomic E-state index is 12.7. The lowest BCUT2D eigenvalue weighted by Gasteiger charge is -2.32. The molecule has 25 heavy (non-hydrogen) atoms. The molecule has 3 rings (SSSR count). The first kappa shape index (κ1) is 17.9. The van der Waals surface area contributed by atoms with E-state index in [1.807, 2.05) is 41.3 Å². The third-order valence-electron chi connectivity index (χ3n) is 4.38. The van der Waals surface area contributed by atoms with E-state index >= 15 is 0 Å². The number of likely N-dealkylation sites (tertiary alicyclic amines) is 1. The van der Waals surface area contributed by atoms with Gasteiger partial charge in [-0.05, 0) is 43.5 Å². The monoisotopic (exact) mass is 358 g/mol. The van der Waals surface area contributed by atoms with Crippen LogP contribution >= 0.6 is 11.6 Å². The first-order chi connectivity index (χ1) is 12.2. The molecule has 1 fully saturated rings. The van der Waals surface area contributed by atoms with Gasteiger partial charge in [-0.1, -0.05) is 30.7 Å². The van der Waals surface area contributed by atoms with Crippen LogP contribution in [-0.4, -0.2) is 41.6 Å². The molecule has 0 saturated carbocycles. The number of benzene rings is 1. The standard InChI is InChI=1S/C20H23ClN2O2/c1-2-12-25-18-4-3-11-23(14-18)20(24)16-7-5-15(6-8-16)19-10-9-17(21)13-22-19/h5-10,13,18H,2-4,11-12,14H2,1H3. The second-order valence-electron chi connectivity index (χ2n) is 6.33. The van der Waals surface area contributed by atoms with Gasteiger partial charge in [-0.25, -0.2) is 0 Å². The molecule has 1 unspecified atom stereocenters. The second kappa shape index (κ2) is 8.45. The number of halogens is 1. The quantitative estimate of drug-likeness (QED) is 0.793. The van der Waals surface area contributed by atoms with Gasteiger partial charge in [0.2, 0.25) is 0 Å². The number of carbonyl (C=O) groups excluding carboxylic acids is 1. The molecule has 2 aromatic rings. The maximum atomic E-state index is 12.7. The zero-order valence-corrected chi connectivity index (χ0v) is 15.2. The predicted molar refractivity (Wildman–Crippen MR) is 99.9 cm³/mol. The highest BCUT2D eigenvalue weighted by molar-refractivity contribution is 6.30. The van der Waals surface area contributed by atoms with Crippen molar-refractivity contribution in [1.29, 1.82) is 0 Å². The Morgan fingerprint density at radius 2 is 2.08 bits per heavy atom. The maximum Gasteiger partial charge on any atom is 0.253 e. The van der Waals surface area contributed by atoms with Crippen LogP contribution < -0.4 is 0 Å². The molecule has 4 nitrogen and oxygen atoms in total. The Morgan fingerprint density at radius 1 is 1.28 bits per heavy atom. The van der Waals surface area contributed by atoms with Crippen LogP contribution in [0, 0.1) is 0 Å². The van der Waals surface area contributed by atoms with Gasteiger partial charge in [-0.2, -0.15) is 0 Å². The molecule has 1 aromatic carbocycles. The molecule has 1 aliphatic rings. The molecule has 5 heteroatoms. The summed E-state index contributed by atoms with van der Waals surface area (Å²) in [4.78, 5) is 19.0. The number of carbonyl (C=O) groups is 1. The Bertz CT molecular complexity index is 701. The van der Waals surface area contributed by atoms with Gasteiger partial charge in [0.15, 0.2) is 0 Å². The van der Waals surface area contributed by atoms with Crippen molar-refractivity contribution in [2.75, 3.05) is 19.7 Å². The smallest absolute Gasteiger partial charge is 0.253 e. The van der Waals surface area contributed by atoms with Crippen molar-refractivity contribution in [3.05, 3.63) is 53.2 Å². The molecule has 132 valence electrons. The van der Waals surface area contributed by atoms with Crippen LogP contribution in [-0.2, 0) is 4.74 Å². The van der Waals surface area contributed by atoms with Crippen molar-refractivity contribution in [1.82, 2.24) is 9.88 Å². The number of hydrogen-bond acceptors (Lipinski definition) is 3. The zero-order chi connectivity index (χ0) is 17.6. The molecular formula is C20H23ClN2O2. The minimum atomic E-state index is 0.0698. The van der Waals surface area contributed by atoms with Crippen LogP contribution in [0.25, 0.3) is 11.3 Å². The third-order valence-corrected chi connectivity index (χ3v) is 4.60. The van der Waals surface area contributed by atoms with Crippen LogP contribution in [0.15, 0.2) is 42.6 Å². The number of amides is 1. The molecule has 0 N–H and O–H groups in total. The summed E-state index contributed by atoms with van der Waals surface area (Å²) in [6.45, 7) is 4.34. The van der Waals surface area contributed by atoms with Gasteiger partial charge < -0.3 is 9.64 Å². The highest BCUT2D eigenvalue weighted by Gasteiger charge is 2.24. The van der Waals surface area contributed by atoms with Crippen LogP contribution in [0.2, 0.25) is 5.02 Å². The van der Waals surface area contributed by atoms with Gasteiger partial charge in [0, 0.05) is 37.0 Å². The Balaban J connectivity index is 1.67. The first-order valence-electron chi connectivity index (χ1n) is 8.80. The highest BCUT2D eigenvalue weighted by atomic mass is 35.5. The number of hydrogen-bond donors (Lipinski definition) is 0. The van der Waals surface area contributed by atoms with E-state index in [4.69, 9.17) is 16.3 Å². The topological polar surface area (TPSA) is 42.4 Å². The molecule has 0 spiro atoms. The van der Waals surface area contributed by atoms with Gasteiger partial charge in [0.05, 0.1) is 16.8 Å². The molecule has 1 aliphatic heterocycles. The number of piperidine rings is 1. The fourth-order valence-corrected chi connectivity index (χ4v) is 3.17. The summed E-state index contributed by atoms with van der Waals surface area (Å²) in [6.07, 6.45) is 4.82. The van der Waals surface area contributed by atoms with E-state index in [9.17, 15) is 4.79 Å². The average molecular weight is 359 g/mol. The Labute approximate surface area is 153 Å². The van der Waals surface area contributed by atoms with Crippen LogP contribution in [0.4, 0.5) is 0 Å². The highest BCUT2D eigenvalue weighted by Crippen LogP contribution is 2.21. The van der Waals surface area contributed by atoms with E-state index in [-0.39, 0.29) is 12.0 Å². The van der Waals surface area contributed by atoms with Crippen LogP contribution in [0.3, 0.4) is 0 Å². The van der Waals surface area contributed by atoms with Crippen molar-refractivity contribution < 1.29 is 9.53 Å². The average Bonchev–Trinajstić information content (AvgIpc) is 2.67. The molecule has 0 aliphatic carbocycles. The van der Waals surface area contributed by atoms with E-state index in [0.29, 0.717) is 17.1 Å². The summed E-state index contributed by atoms with van der Waals surface area (Å²) in [5.41, 5.74) is 2.51. The SMILES string of the molecule is CCCOC1CCCN(C(=O)c2ccc(-c3ccc(Cl)cn3)cc2)C1. The molecule has 0 radical (unpaired) electrons. The Kier molecular flexibility index (Phi) is 6.05. The summed E-state index contributed by atoms with van der Waals surface area (Å²) >= 11 is 5.87. The largest absolute Gasteiger partial charge is 0.376 e. The number of rotatable bonds is 5. The summed E-state index contributed by atoms with van der Waals surface area (Å²) < 4.78 is 5.82. The van der Waals surface area contributed by atoms with Crippen molar-refractivity contribution >= 4 is 17.5 Å². The normalized spacial score (nSPS) is 17.5. The van der Waals surface area contributed by atoms with E-state index in [1.165, 1.54) is 0 Å². The van der Waals surface area contributed by atoms with E-state index in [0.717, 1.165) is 43.7 Å². The summed E-state index contributed by atoms with van der Waals surface area (Å²) in [5, 5.41) is 0.612. The van der Waals surface area contributed by atoms with Crippen molar-refractivity contribution in [2.24, 2.45) is 0 Å². The molecule has 1 atom stereocenters. The molecule has 1 saturated heterocycles. The summed E-state index contributed by atoms with van der Waals surface area (Å²) in [7, 11) is 0. The fourth-order valence-electron chi connectivity index (χ4n) is 3.06. The van der Waals surface area contributed by atoms with Gasteiger partial charge in [0.25, 0.3) is 5.91 Å². The molecule has 0 bridgehead atoms. The molecule has 1 amide bonds. The van der Waals surface area contributed by atoms with E-state index < -0.39 is 0 Å². The lowest BCUT2D eigenvalue weighted by molar-refractivity contribution is 0.00211. The molecule has 2 heterocycles. The third kappa shape index (κ3) is 4.59. The van der Waals surface area contributed by atoms with Crippen LogP contribution in [0.1, 0.15) is 36.5 Å². The van der Waals surface area contributed by atoms with E-state index in [1.54, 1.807) is 6.20 Å². The van der Waals surface area contributed by atoms with E-state index in [2.05, 4.69) is 11.9 Å². The number of aromatic nitrogens is 1. The summed E-state index contributed by atoms with van der Waals surface area (Å²) in [5.74, 6) is 0.0698. The minimum Gasteiger partial charge on any atom is -0.376 e. The van der Waals surface area contributed by atoms with Gasteiger partial charge in [-0.3, -0.25) is 9.78 Å². The fraction of sp³-hybridized carbons (Fsp3) is 0.400. The first-order valence-corrected chi connectivity index (χ1v) is 9.18.